The molecule has 2 aromatic rings. The first kappa shape index (κ1) is 18.9. The standard InChI is InChI=1S/C20H25N5O2S/c1-3-24-18(21-22-20(24)28)15-8-6-10-23(12-15)19(27)17-11-14-7-4-5-9-16(14)25(17)13(2)26/h4-5,7,9,15,17H,3,6,8,10-12H2,1-2H3,(H,22,28)/t15?,17-/m0/s1. The first-order valence-electron chi connectivity index (χ1n) is 9.82. The van der Waals surface area contributed by atoms with E-state index >= 15 is 0 Å². The zero-order valence-electron chi connectivity index (χ0n) is 16.2. The van der Waals surface area contributed by atoms with E-state index in [1.165, 1.54) is 6.92 Å². The zero-order valence-corrected chi connectivity index (χ0v) is 17.0. The van der Waals surface area contributed by atoms with Crippen molar-refractivity contribution in [1.82, 2.24) is 19.7 Å². The third kappa shape index (κ3) is 3.15. The summed E-state index contributed by atoms with van der Waals surface area (Å²) in [5, 5.41) is 7.30. The van der Waals surface area contributed by atoms with Gasteiger partial charge in [-0.05, 0) is 43.6 Å². The summed E-state index contributed by atoms with van der Waals surface area (Å²) in [7, 11) is 0. The Morgan fingerprint density at radius 3 is 2.86 bits per heavy atom. The van der Waals surface area contributed by atoms with Crippen molar-refractivity contribution in [1.29, 1.82) is 0 Å². The molecule has 0 spiro atoms. The van der Waals surface area contributed by atoms with Crippen LogP contribution in [-0.2, 0) is 22.6 Å². The number of aromatic nitrogens is 3. The predicted octanol–water partition coefficient (Wildman–Crippen LogP) is 2.64. The number of amides is 2. The second kappa shape index (κ2) is 7.50. The number of hydrogen-bond acceptors (Lipinski definition) is 4. The fourth-order valence-corrected chi connectivity index (χ4v) is 4.79. The number of piperidine rings is 1. The Kier molecular flexibility index (Phi) is 5.05. The number of nitrogens with one attached hydrogen (secondary N) is 1. The van der Waals surface area contributed by atoms with Crippen molar-refractivity contribution in [2.75, 3.05) is 18.0 Å². The number of hydrogen-bond donors (Lipinski definition) is 1. The van der Waals surface area contributed by atoms with Crippen molar-refractivity contribution >= 4 is 29.7 Å². The number of anilines is 1. The van der Waals surface area contributed by atoms with Gasteiger partial charge in [0.05, 0.1) is 0 Å². The van der Waals surface area contributed by atoms with Crippen LogP contribution in [0.1, 0.15) is 44.0 Å². The van der Waals surface area contributed by atoms with Crippen LogP contribution in [0.25, 0.3) is 0 Å². The molecule has 2 atom stereocenters. The predicted molar refractivity (Wildman–Crippen MR) is 109 cm³/mol. The van der Waals surface area contributed by atoms with Gasteiger partial charge in [-0.3, -0.25) is 19.6 Å². The fourth-order valence-electron chi connectivity index (χ4n) is 4.52. The summed E-state index contributed by atoms with van der Waals surface area (Å²) in [5.41, 5.74) is 1.91. The normalized spacial score (nSPS) is 21.6. The number of aromatic amines is 1. The molecule has 0 saturated carbocycles. The highest BCUT2D eigenvalue weighted by molar-refractivity contribution is 7.71. The molecule has 2 amide bonds. The van der Waals surface area contributed by atoms with E-state index < -0.39 is 6.04 Å². The molecule has 3 heterocycles. The highest BCUT2D eigenvalue weighted by Gasteiger charge is 2.40. The lowest BCUT2D eigenvalue weighted by Gasteiger charge is -2.35. The molecule has 2 aliphatic heterocycles. The minimum atomic E-state index is -0.458. The Bertz CT molecular complexity index is 966. The van der Waals surface area contributed by atoms with E-state index in [1.807, 2.05) is 40.7 Å². The molecule has 7 nitrogen and oxygen atoms in total. The number of carbonyl (C=O) groups is 2. The van der Waals surface area contributed by atoms with Gasteiger partial charge in [-0.1, -0.05) is 18.2 Å². The second-order valence-electron chi connectivity index (χ2n) is 7.49. The number of carbonyl (C=O) groups excluding carboxylic acids is 2. The third-order valence-electron chi connectivity index (χ3n) is 5.80. The number of fused-ring (bicyclic) bond motifs is 1. The number of rotatable bonds is 3. The topological polar surface area (TPSA) is 74.2 Å². The van der Waals surface area contributed by atoms with Gasteiger partial charge >= 0.3 is 0 Å². The Balaban J connectivity index is 1.56. The molecule has 148 valence electrons. The fraction of sp³-hybridized carbons (Fsp3) is 0.500. The van der Waals surface area contributed by atoms with E-state index in [2.05, 4.69) is 10.2 Å². The van der Waals surface area contributed by atoms with Gasteiger partial charge in [0.2, 0.25) is 11.8 Å². The molecular formula is C20H25N5O2S. The first-order valence-corrected chi connectivity index (χ1v) is 10.2. The van der Waals surface area contributed by atoms with E-state index in [-0.39, 0.29) is 17.7 Å². The molecule has 1 saturated heterocycles. The molecule has 8 heteroatoms. The summed E-state index contributed by atoms with van der Waals surface area (Å²) in [6.07, 6.45) is 2.47. The molecule has 0 aliphatic carbocycles. The van der Waals surface area contributed by atoms with Crippen molar-refractivity contribution < 1.29 is 9.59 Å². The minimum Gasteiger partial charge on any atom is -0.340 e. The van der Waals surface area contributed by atoms with Gasteiger partial charge in [0, 0.05) is 44.6 Å². The highest BCUT2D eigenvalue weighted by Crippen LogP contribution is 2.34. The molecule has 4 rings (SSSR count). The van der Waals surface area contributed by atoms with Crippen molar-refractivity contribution in [2.24, 2.45) is 0 Å². The van der Waals surface area contributed by atoms with E-state index in [9.17, 15) is 9.59 Å². The third-order valence-corrected chi connectivity index (χ3v) is 6.11. The molecule has 1 aromatic carbocycles. The van der Waals surface area contributed by atoms with Crippen LogP contribution in [-0.4, -0.2) is 50.6 Å². The average Bonchev–Trinajstić information content (AvgIpc) is 3.27. The Labute approximate surface area is 169 Å². The van der Waals surface area contributed by atoms with Crippen LogP contribution >= 0.6 is 12.2 Å². The smallest absolute Gasteiger partial charge is 0.246 e. The van der Waals surface area contributed by atoms with Crippen LogP contribution in [0.2, 0.25) is 0 Å². The summed E-state index contributed by atoms with van der Waals surface area (Å²) in [4.78, 5) is 29.3. The van der Waals surface area contributed by atoms with Gasteiger partial charge in [0.1, 0.15) is 11.9 Å². The highest BCUT2D eigenvalue weighted by atomic mass is 32.1. The van der Waals surface area contributed by atoms with Gasteiger partial charge in [-0.25, -0.2) is 0 Å². The zero-order chi connectivity index (χ0) is 19.8. The maximum atomic E-state index is 13.4. The van der Waals surface area contributed by atoms with Gasteiger partial charge in [-0.15, -0.1) is 0 Å². The summed E-state index contributed by atoms with van der Waals surface area (Å²) in [5.74, 6) is 1.00. The second-order valence-corrected chi connectivity index (χ2v) is 7.88. The van der Waals surface area contributed by atoms with Gasteiger partial charge in [0.25, 0.3) is 0 Å². The number of para-hydroxylation sites is 1. The van der Waals surface area contributed by atoms with E-state index in [0.717, 1.165) is 36.5 Å². The van der Waals surface area contributed by atoms with Crippen LogP contribution in [0.4, 0.5) is 5.69 Å². The number of likely N-dealkylation sites (tertiary alicyclic amines) is 1. The van der Waals surface area contributed by atoms with E-state index in [4.69, 9.17) is 12.2 Å². The quantitative estimate of drug-likeness (QED) is 0.806. The van der Waals surface area contributed by atoms with Crippen LogP contribution in [0.15, 0.2) is 24.3 Å². The Morgan fingerprint density at radius 1 is 1.32 bits per heavy atom. The van der Waals surface area contributed by atoms with Crippen molar-refractivity contribution in [3.8, 4) is 0 Å². The Hall–Kier alpha value is -2.48. The molecular weight excluding hydrogens is 374 g/mol. The van der Waals surface area contributed by atoms with E-state index in [0.29, 0.717) is 24.3 Å². The lowest BCUT2D eigenvalue weighted by molar-refractivity contribution is -0.135. The molecule has 1 aromatic heterocycles. The molecule has 1 fully saturated rings. The molecule has 0 radical (unpaired) electrons. The van der Waals surface area contributed by atoms with Crippen molar-refractivity contribution in [3.05, 3.63) is 40.4 Å². The lowest BCUT2D eigenvalue weighted by atomic mass is 9.96. The molecule has 28 heavy (non-hydrogen) atoms. The van der Waals surface area contributed by atoms with Gasteiger partial charge < -0.3 is 9.47 Å². The summed E-state index contributed by atoms with van der Waals surface area (Å²) in [6, 6.07) is 7.32. The monoisotopic (exact) mass is 399 g/mol. The van der Waals surface area contributed by atoms with Gasteiger partial charge in [0.15, 0.2) is 4.77 Å². The largest absolute Gasteiger partial charge is 0.340 e. The van der Waals surface area contributed by atoms with Crippen molar-refractivity contribution in [3.63, 3.8) is 0 Å². The minimum absolute atomic E-state index is 0.0216. The van der Waals surface area contributed by atoms with Crippen LogP contribution < -0.4 is 4.90 Å². The summed E-state index contributed by atoms with van der Waals surface area (Å²) >= 11 is 5.31. The first-order chi connectivity index (χ1) is 13.5. The van der Waals surface area contributed by atoms with Crippen LogP contribution in [0, 0.1) is 4.77 Å². The van der Waals surface area contributed by atoms with E-state index in [1.54, 1.807) is 4.90 Å². The molecule has 0 bridgehead atoms. The number of benzene rings is 1. The number of H-pyrrole nitrogens is 1. The maximum absolute atomic E-state index is 13.4. The Morgan fingerprint density at radius 2 is 2.11 bits per heavy atom. The van der Waals surface area contributed by atoms with Crippen LogP contribution in [0.5, 0.6) is 0 Å². The van der Waals surface area contributed by atoms with Gasteiger partial charge in [-0.2, -0.15) is 5.10 Å². The average molecular weight is 400 g/mol. The maximum Gasteiger partial charge on any atom is 0.246 e. The van der Waals surface area contributed by atoms with Crippen LogP contribution in [0.3, 0.4) is 0 Å². The number of nitrogens with zero attached hydrogens (tertiary/aromatic N) is 4. The molecule has 1 N–H and O–H groups in total. The molecule has 1 unspecified atom stereocenters. The SMILES string of the molecule is CCn1c(C2CCCN(C(=O)[C@@H]3Cc4ccccc4N3C(C)=O)C2)n[nH]c1=S. The lowest BCUT2D eigenvalue weighted by Crippen LogP contribution is -2.51. The summed E-state index contributed by atoms with van der Waals surface area (Å²) < 4.78 is 2.62. The molecule has 2 aliphatic rings. The van der Waals surface area contributed by atoms with Crippen molar-refractivity contribution in [2.45, 2.75) is 51.6 Å². The summed E-state index contributed by atoms with van der Waals surface area (Å²) in [6.45, 7) is 5.65.